The quantitative estimate of drug-likeness (QED) is 0.778. The molecule has 0 radical (unpaired) electrons. The van der Waals surface area contributed by atoms with E-state index in [4.69, 9.17) is 0 Å². The number of aromatic nitrogens is 3. The number of carbonyl (C=O) groups excluding carboxylic acids is 1. The van der Waals surface area contributed by atoms with Crippen molar-refractivity contribution >= 4 is 5.91 Å². The standard InChI is InChI=1S/C19H27N5O2/c1-14(2)24-10-16(8-22-24)18-11-23(9-17(18)13-25)12-19(26)21-7-15-4-3-5-20-6-15/h3-6,8,10,14,17-18,25H,7,9,11-13H2,1-2H3,(H,21,26)/t17-,18-/m0/s1. The molecule has 0 unspecified atom stereocenters. The number of nitrogens with zero attached hydrogens (tertiary/aromatic N) is 4. The summed E-state index contributed by atoms with van der Waals surface area (Å²) in [4.78, 5) is 18.4. The highest BCUT2D eigenvalue weighted by Crippen LogP contribution is 2.32. The van der Waals surface area contributed by atoms with E-state index in [9.17, 15) is 9.90 Å². The molecule has 2 aromatic rings. The Morgan fingerprint density at radius 1 is 1.38 bits per heavy atom. The van der Waals surface area contributed by atoms with Gasteiger partial charge in [-0.1, -0.05) is 6.07 Å². The number of carbonyl (C=O) groups is 1. The lowest BCUT2D eigenvalue weighted by molar-refractivity contribution is -0.122. The first-order valence-electron chi connectivity index (χ1n) is 9.09. The van der Waals surface area contributed by atoms with E-state index in [0.717, 1.165) is 17.7 Å². The largest absolute Gasteiger partial charge is 0.396 e. The zero-order valence-electron chi connectivity index (χ0n) is 15.4. The van der Waals surface area contributed by atoms with Crippen LogP contribution < -0.4 is 5.32 Å². The summed E-state index contributed by atoms with van der Waals surface area (Å²) in [7, 11) is 0. The van der Waals surface area contributed by atoms with Crippen LogP contribution >= 0.6 is 0 Å². The van der Waals surface area contributed by atoms with Gasteiger partial charge in [-0.3, -0.25) is 19.4 Å². The van der Waals surface area contributed by atoms with Gasteiger partial charge in [-0.05, 0) is 31.0 Å². The third-order valence-electron chi connectivity index (χ3n) is 4.91. The van der Waals surface area contributed by atoms with Crippen molar-refractivity contribution in [3.8, 4) is 0 Å². The van der Waals surface area contributed by atoms with E-state index < -0.39 is 0 Å². The van der Waals surface area contributed by atoms with E-state index in [2.05, 4.69) is 40.3 Å². The molecule has 0 aliphatic carbocycles. The van der Waals surface area contributed by atoms with Crippen LogP contribution in [0.15, 0.2) is 36.9 Å². The fraction of sp³-hybridized carbons (Fsp3) is 0.526. The molecule has 3 rings (SSSR count). The van der Waals surface area contributed by atoms with E-state index in [1.165, 1.54) is 0 Å². The van der Waals surface area contributed by atoms with Crippen LogP contribution in [0.25, 0.3) is 0 Å². The summed E-state index contributed by atoms with van der Waals surface area (Å²) in [6.45, 7) is 6.59. The molecular formula is C19H27N5O2. The molecule has 0 bridgehead atoms. The Labute approximate surface area is 154 Å². The third-order valence-corrected chi connectivity index (χ3v) is 4.91. The molecule has 1 aliphatic rings. The normalized spacial score (nSPS) is 20.6. The zero-order chi connectivity index (χ0) is 18.5. The van der Waals surface area contributed by atoms with Crippen molar-refractivity contribution in [3.63, 3.8) is 0 Å². The van der Waals surface area contributed by atoms with Crippen LogP contribution in [0.4, 0.5) is 0 Å². The summed E-state index contributed by atoms with van der Waals surface area (Å²) in [5.74, 6) is 0.327. The maximum absolute atomic E-state index is 12.3. The number of hydrogen-bond acceptors (Lipinski definition) is 5. The molecule has 2 atom stereocenters. The molecule has 7 heteroatoms. The number of rotatable bonds is 7. The second kappa shape index (κ2) is 8.42. The Hall–Kier alpha value is -2.25. The Morgan fingerprint density at radius 2 is 2.23 bits per heavy atom. The maximum Gasteiger partial charge on any atom is 0.234 e. The molecule has 1 aliphatic heterocycles. The first-order valence-corrected chi connectivity index (χ1v) is 9.09. The van der Waals surface area contributed by atoms with Gasteiger partial charge in [0.15, 0.2) is 0 Å². The molecule has 2 aromatic heterocycles. The molecule has 1 amide bonds. The van der Waals surface area contributed by atoms with Crippen LogP contribution in [0.2, 0.25) is 0 Å². The molecule has 1 fully saturated rings. The van der Waals surface area contributed by atoms with Crippen molar-refractivity contribution in [1.82, 2.24) is 25.0 Å². The minimum Gasteiger partial charge on any atom is -0.396 e. The summed E-state index contributed by atoms with van der Waals surface area (Å²) in [6, 6.07) is 4.11. The van der Waals surface area contributed by atoms with Crippen LogP contribution in [-0.4, -0.2) is 56.9 Å². The minimum atomic E-state index is -0.0101. The number of aliphatic hydroxyl groups is 1. The minimum absolute atomic E-state index is 0.0101. The highest BCUT2D eigenvalue weighted by molar-refractivity contribution is 5.78. The van der Waals surface area contributed by atoms with Crippen molar-refractivity contribution < 1.29 is 9.90 Å². The Kier molecular flexibility index (Phi) is 6.00. The fourth-order valence-corrected chi connectivity index (χ4v) is 3.44. The van der Waals surface area contributed by atoms with Gasteiger partial charge < -0.3 is 10.4 Å². The number of amides is 1. The van der Waals surface area contributed by atoms with E-state index in [1.807, 2.05) is 23.0 Å². The summed E-state index contributed by atoms with van der Waals surface area (Å²) in [5, 5.41) is 17.1. The molecule has 1 saturated heterocycles. The van der Waals surface area contributed by atoms with Crippen LogP contribution in [-0.2, 0) is 11.3 Å². The van der Waals surface area contributed by atoms with Crippen molar-refractivity contribution in [1.29, 1.82) is 0 Å². The second-order valence-corrected chi connectivity index (χ2v) is 7.23. The third kappa shape index (κ3) is 4.47. The first kappa shape index (κ1) is 18.5. The number of nitrogens with one attached hydrogen (secondary N) is 1. The van der Waals surface area contributed by atoms with Gasteiger partial charge in [0.2, 0.25) is 5.91 Å². The van der Waals surface area contributed by atoms with Gasteiger partial charge >= 0.3 is 0 Å². The van der Waals surface area contributed by atoms with Gasteiger partial charge in [-0.15, -0.1) is 0 Å². The van der Waals surface area contributed by atoms with E-state index >= 15 is 0 Å². The van der Waals surface area contributed by atoms with Crippen molar-refractivity contribution in [2.24, 2.45) is 5.92 Å². The first-order chi connectivity index (χ1) is 12.6. The predicted octanol–water partition coefficient (Wildman–Crippen LogP) is 1.18. The summed E-state index contributed by atoms with van der Waals surface area (Å²) in [6.07, 6.45) is 7.41. The maximum atomic E-state index is 12.3. The fourth-order valence-electron chi connectivity index (χ4n) is 3.44. The van der Waals surface area contributed by atoms with Crippen LogP contribution in [0.3, 0.4) is 0 Å². The number of aliphatic hydroxyl groups excluding tert-OH is 1. The Morgan fingerprint density at radius 3 is 2.88 bits per heavy atom. The van der Waals surface area contributed by atoms with E-state index in [-0.39, 0.29) is 24.3 Å². The average molecular weight is 357 g/mol. The summed E-state index contributed by atoms with van der Waals surface area (Å²) in [5.41, 5.74) is 2.12. The summed E-state index contributed by atoms with van der Waals surface area (Å²) < 4.78 is 1.94. The van der Waals surface area contributed by atoms with Crippen molar-refractivity contribution in [2.45, 2.75) is 32.4 Å². The lowest BCUT2D eigenvalue weighted by Crippen LogP contribution is -2.36. The average Bonchev–Trinajstić information content (AvgIpc) is 3.27. The molecular weight excluding hydrogens is 330 g/mol. The zero-order valence-corrected chi connectivity index (χ0v) is 15.4. The smallest absolute Gasteiger partial charge is 0.234 e. The SMILES string of the molecule is CC(C)n1cc([C@@H]2CN(CC(=O)NCc3cccnc3)C[C@H]2CO)cn1. The number of hydrogen-bond donors (Lipinski definition) is 2. The molecule has 0 spiro atoms. The topological polar surface area (TPSA) is 83.3 Å². The van der Waals surface area contributed by atoms with Gasteiger partial charge in [0.05, 0.1) is 12.7 Å². The lowest BCUT2D eigenvalue weighted by atomic mass is 9.92. The van der Waals surface area contributed by atoms with Crippen LogP contribution in [0.5, 0.6) is 0 Å². The molecule has 0 aromatic carbocycles. The number of likely N-dealkylation sites (tertiary alicyclic amines) is 1. The molecule has 26 heavy (non-hydrogen) atoms. The number of pyridine rings is 1. The van der Waals surface area contributed by atoms with Gasteiger partial charge in [0.1, 0.15) is 0 Å². The van der Waals surface area contributed by atoms with E-state index in [0.29, 0.717) is 25.7 Å². The van der Waals surface area contributed by atoms with Crippen LogP contribution in [0.1, 0.15) is 36.9 Å². The van der Waals surface area contributed by atoms with E-state index in [1.54, 1.807) is 12.4 Å². The Balaban J connectivity index is 1.55. The summed E-state index contributed by atoms with van der Waals surface area (Å²) >= 11 is 0. The van der Waals surface area contributed by atoms with Crippen molar-refractivity contribution in [2.75, 3.05) is 26.2 Å². The van der Waals surface area contributed by atoms with Crippen LogP contribution in [0, 0.1) is 5.92 Å². The lowest BCUT2D eigenvalue weighted by Gasteiger charge is -2.15. The highest BCUT2D eigenvalue weighted by atomic mass is 16.3. The van der Waals surface area contributed by atoms with Gasteiger partial charge in [0.25, 0.3) is 0 Å². The van der Waals surface area contributed by atoms with Gasteiger partial charge in [-0.2, -0.15) is 5.10 Å². The second-order valence-electron chi connectivity index (χ2n) is 7.23. The molecule has 140 valence electrons. The molecule has 2 N–H and O–H groups in total. The molecule has 7 nitrogen and oxygen atoms in total. The van der Waals surface area contributed by atoms with Crippen molar-refractivity contribution in [3.05, 3.63) is 48.0 Å². The highest BCUT2D eigenvalue weighted by Gasteiger charge is 2.34. The monoisotopic (exact) mass is 357 g/mol. The molecule has 3 heterocycles. The predicted molar refractivity (Wildman–Crippen MR) is 98.5 cm³/mol. The molecule has 0 saturated carbocycles. The Bertz CT molecular complexity index is 716. The van der Waals surface area contributed by atoms with Gasteiger partial charge in [0, 0.05) is 62.7 Å². The van der Waals surface area contributed by atoms with Gasteiger partial charge in [-0.25, -0.2) is 0 Å².